The van der Waals surface area contributed by atoms with Crippen LogP contribution in [0, 0.1) is 6.92 Å². The number of aliphatic hydroxyl groups is 1. The van der Waals surface area contributed by atoms with Crippen molar-refractivity contribution < 1.29 is 28.8 Å². The summed E-state index contributed by atoms with van der Waals surface area (Å²) in [6, 6.07) is 55.0. The third-order valence-electron chi connectivity index (χ3n) is 10.5. The third-order valence-corrected chi connectivity index (χ3v) is 11.6. The lowest BCUT2D eigenvalue weighted by Gasteiger charge is -2.47. The molecule has 1 unspecified atom stereocenters. The van der Waals surface area contributed by atoms with Crippen molar-refractivity contribution in [3.05, 3.63) is 208 Å². The molecular formula is C50H48O6S. The standard InChI is InChI=1S/C50H48O6S/c1-36-26-46(53-32-38-18-8-3-9-19-38)45(29-42(36)28-44-27-41-24-14-15-25-48(41)57-44)50(51)49(55-34-40-22-12-5-13-23-40)47(54-33-39-20-10-4-11-21-39)30-43(56-50)35-52-31-37-16-6-2-7-17-37/h2-27,29,43,47,49,51H,28,30-35H2,1H3/t43-,47-,49+,50?/m0/s1. The number of rotatable bonds is 16. The van der Waals surface area contributed by atoms with Gasteiger partial charge < -0.3 is 28.8 Å². The predicted octanol–water partition coefficient (Wildman–Crippen LogP) is 10.7. The highest BCUT2D eigenvalue weighted by Gasteiger charge is 2.53. The van der Waals surface area contributed by atoms with Crippen LogP contribution in [0.3, 0.4) is 0 Å². The van der Waals surface area contributed by atoms with Gasteiger partial charge in [0.05, 0.1) is 44.2 Å². The van der Waals surface area contributed by atoms with Crippen LogP contribution in [0.1, 0.15) is 50.2 Å². The van der Waals surface area contributed by atoms with E-state index in [1.54, 1.807) is 11.3 Å². The fraction of sp³-hybridized carbons (Fsp3) is 0.240. The molecule has 1 fully saturated rings. The molecule has 4 atom stereocenters. The summed E-state index contributed by atoms with van der Waals surface area (Å²) in [5.41, 5.74) is 6.70. The molecule has 6 nitrogen and oxygen atoms in total. The molecule has 0 spiro atoms. The number of thiophene rings is 1. The van der Waals surface area contributed by atoms with Gasteiger partial charge in [-0.05, 0) is 70.0 Å². The van der Waals surface area contributed by atoms with Crippen LogP contribution in [-0.4, -0.2) is 30.0 Å². The van der Waals surface area contributed by atoms with E-state index in [4.69, 9.17) is 23.7 Å². The van der Waals surface area contributed by atoms with Crippen molar-refractivity contribution in [2.45, 2.75) is 70.3 Å². The van der Waals surface area contributed by atoms with Crippen LogP contribution in [-0.2, 0) is 57.6 Å². The Balaban J connectivity index is 1.20. The van der Waals surface area contributed by atoms with Gasteiger partial charge in [-0.15, -0.1) is 11.3 Å². The zero-order valence-electron chi connectivity index (χ0n) is 32.2. The number of aryl methyl sites for hydroxylation is 1. The Hall–Kier alpha value is -5.12. The van der Waals surface area contributed by atoms with Crippen molar-refractivity contribution in [2.24, 2.45) is 0 Å². The van der Waals surface area contributed by atoms with Gasteiger partial charge in [0.2, 0.25) is 5.79 Å². The first kappa shape index (κ1) is 38.7. The summed E-state index contributed by atoms with van der Waals surface area (Å²) in [5.74, 6) is -1.45. The molecule has 6 aromatic carbocycles. The molecule has 0 saturated carbocycles. The number of hydrogen-bond donors (Lipinski definition) is 1. The summed E-state index contributed by atoms with van der Waals surface area (Å²) in [7, 11) is 0. The molecule has 0 aliphatic carbocycles. The molecule has 7 heteroatoms. The van der Waals surface area contributed by atoms with Crippen LogP contribution in [0.5, 0.6) is 5.75 Å². The van der Waals surface area contributed by atoms with Gasteiger partial charge in [-0.1, -0.05) is 140 Å². The molecule has 1 aliphatic rings. The second kappa shape index (κ2) is 18.4. The first-order valence-electron chi connectivity index (χ1n) is 19.6. The SMILES string of the molecule is Cc1cc(OCc2ccccc2)c(C2(O)O[C@H](COCc3ccccc3)C[C@H](OCc3ccccc3)[C@H]2OCc2ccccc2)cc1Cc1cc2ccccc2s1. The monoisotopic (exact) mass is 776 g/mol. The molecule has 1 aliphatic heterocycles. The van der Waals surface area contributed by atoms with Gasteiger partial charge in [0, 0.05) is 22.4 Å². The van der Waals surface area contributed by atoms with Crippen molar-refractivity contribution in [2.75, 3.05) is 6.61 Å². The molecule has 57 heavy (non-hydrogen) atoms. The number of hydrogen-bond acceptors (Lipinski definition) is 7. The van der Waals surface area contributed by atoms with E-state index in [0.29, 0.717) is 44.0 Å². The largest absolute Gasteiger partial charge is 0.488 e. The van der Waals surface area contributed by atoms with E-state index in [0.717, 1.165) is 33.4 Å². The van der Waals surface area contributed by atoms with E-state index < -0.39 is 24.1 Å². The Morgan fingerprint density at radius 1 is 0.649 bits per heavy atom. The smallest absolute Gasteiger partial charge is 0.226 e. The minimum Gasteiger partial charge on any atom is -0.488 e. The van der Waals surface area contributed by atoms with Crippen LogP contribution in [0.25, 0.3) is 10.1 Å². The number of fused-ring (bicyclic) bond motifs is 1. The second-order valence-electron chi connectivity index (χ2n) is 14.7. The van der Waals surface area contributed by atoms with Gasteiger partial charge in [0.25, 0.3) is 0 Å². The predicted molar refractivity (Wildman–Crippen MR) is 226 cm³/mol. The maximum absolute atomic E-state index is 13.4. The molecule has 290 valence electrons. The van der Waals surface area contributed by atoms with Crippen molar-refractivity contribution in [1.29, 1.82) is 0 Å². The molecule has 0 bridgehead atoms. The minimum absolute atomic E-state index is 0.245. The molecule has 1 aromatic heterocycles. The van der Waals surface area contributed by atoms with Gasteiger partial charge >= 0.3 is 0 Å². The summed E-state index contributed by atoms with van der Waals surface area (Å²) in [5, 5.41) is 14.7. The molecular weight excluding hydrogens is 729 g/mol. The summed E-state index contributed by atoms with van der Waals surface area (Å²) >= 11 is 1.79. The van der Waals surface area contributed by atoms with Crippen molar-refractivity contribution in [3.63, 3.8) is 0 Å². The lowest BCUT2D eigenvalue weighted by Crippen LogP contribution is -2.58. The van der Waals surface area contributed by atoms with E-state index >= 15 is 0 Å². The van der Waals surface area contributed by atoms with Crippen LogP contribution in [0.4, 0.5) is 0 Å². The topological polar surface area (TPSA) is 66.4 Å². The van der Waals surface area contributed by atoms with Crippen LogP contribution in [0.15, 0.2) is 164 Å². The second-order valence-corrected chi connectivity index (χ2v) is 15.9. The van der Waals surface area contributed by atoms with Gasteiger partial charge in [-0.25, -0.2) is 0 Å². The highest BCUT2D eigenvalue weighted by molar-refractivity contribution is 7.19. The molecule has 0 amide bonds. The van der Waals surface area contributed by atoms with E-state index in [-0.39, 0.29) is 13.2 Å². The number of benzene rings is 6. The van der Waals surface area contributed by atoms with Crippen molar-refractivity contribution in [3.8, 4) is 5.75 Å². The third kappa shape index (κ3) is 9.71. The Kier molecular flexibility index (Phi) is 12.5. The molecule has 1 saturated heterocycles. The zero-order chi connectivity index (χ0) is 38.9. The van der Waals surface area contributed by atoms with Crippen LogP contribution in [0.2, 0.25) is 0 Å². The Morgan fingerprint density at radius 2 is 1.21 bits per heavy atom. The highest BCUT2D eigenvalue weighted by Crippen LogP contribution is 2.45. The molecule has 1 N–H and O–H groups in total. The average Bonchev–Trinajstić information content (AvgIpc) is 3.66. The van der Waals surface area contributed by atoms with E-state index in [1.165, 1.54) is 15.0 Å². The van der Waals surface area contributed by atoms with E-state index in [1.807, 2.05) is 127 Å². The maximum atomic E-state index is 13.4. The molecule has 2 heterocycles. The van der Waals surface area contributed by atoms with Crippen LogP contribution < -0.4 is 4.74 Å². The van der Waals surface area contributed by atoms with E-state index in [9.17, 15) is 5.11 Å². The molecule has 7 aromatic rings. The average molecular weight is 777 g/mol. The van der Waals surface area contributed by atoms with E-state index in [2.05, 4.69) is 43.3 Å². The highest BCUT2D eigenvalue weighted by atomic mass is 32.1. The quantitative estimate of drug-likeness (QED) is 0.105. The Morgan fingerprint density at radius 3 is 1.84 bits per heavy atom. The Bertz CT molecular complexity index is 2280. The van der Waals surface area contributed by atoms with Gasteiger partial charge in [-0.2, -0.15) is 0 Å². The fourth-order valence-corrected chi connectivity index (χ4v) is 8.57. The summed E-state index contributed by atoms with van der Waals surface area (Å²) < 4.78 is 34.7. The summed E-state index contributed by atoms with van der Waals surface area (Å²) in [6.45, 7) is 3.66. The van der Waals surface area contributed by atoms with Gasteiger partial charge in [0.15, 0.2) is 0 Å². The maximum Gasteiger partial charge on any atom is 0.226 e. The Labute approximate surface area is 339 Å². The van der Waals surface area contributed by atoms with Crippen molar-refractivity contribution >= 4 is 21.4 Å². The number of ether oxygens (including phenoxy) is 5. The van der Waals surface area contributed by atoms with Gasteiger partial charge in [0.1, 0.15) is 18.5 Å². The van der Waals surface area contributed by atoms with Crippen LogP contribution >= 0.6 is 11.3 Å². The minimum atomic E-state index is -1.98. The summed E-state index contributed by atoms with van der Waals surface area (Å²) in [6.07, 6.45) is -0.881. The summed E-state index contributed by atoms with van der Waals surface area (Å²) in [4.78, 5) is 1.23. The molecule has 8 rings (SSSR count). The first-order valence-corrected chi connectivity index (χ1v) is 20.4. The zero-order valence-corrected chi connectivity index (χ0v) is 33.0. The molecule has 0 radical (unpaired) electrons. The lowest BCUT2D eigenvalue weighted by atomic mass is 9.86. The lowest BCUT2D eigenvalue weighted by molar-refractivity contribution is -0.352. The fourth-order valence-electron chi connectivity index (χ4n) is 7.48. The normalized spacial score (nSPS) is 19.4. The van der Waals surface area contributed by atoms with Gasteiger partial charge in [-0.3, -0.25) is 0 Å². The first-order chi connectivity index (χ1) is 28.0. The van der Waals surface area contributed by atoms with Crippen molar-refractivity contribution in [1.82, 2.24) is 0 Å².